The van der Waals surface area contributed by atoms with Gasteiger partial charge in [-0.2, -0.15) is 0 Å². The number of hydrogen-bond donors (Lipinski definition) is 1. The minimum absolute atomic E-state index is 0.0748. The van der Waals surface area contributed by atoms with E-state index in [1.807, 2.05) is 13.8 Å². The van der Waals surface area contributed by atoms with Crippen LogP contribution in [0.3, 0.4) is 0 Å². The molecule has 26 heavy (non-hydrogen) atoms. The van der Waals surface area contributed by atoms with E-state index in [9.17, 15) is 9.90 Å². The first-order chi connectivity index (χ1) is 12.4. The molecule has 2 aromatic rings. The van der Waals surface area contributed by atoms with Gasteiger partial charge in [0.2, 0.25) is 0 Å². The van der Waals surface area contributed by atoms with Gasteiger partial charge in [0.1, 0.15) is 5.75 Å². The van der Waals surface area contributed by atoms with Crippen molar-refractivity contribution in [2.75, 3.05) is 13.1 Å². The van der Waals surface area contributed by atoms with Gasteiger partial charge >= 0.3 is 0 Å². The first-order valence-corrected chi connectivity index (χ1v) is 9.66. The topological polar surface area (TPSA) is 45.5 Å². The molecule has 0 spiro atoms. The van der Waals surface area contributed by atoms with Gasteiger partial charge in [0.25, 0.3) is 5.56 Å². The lowest BCUT2D eigenvalue weighted by atomic mass is 9.91. The first-order valence-electron chi connectivity index (χ1n) is 9.66. The lowest BCUT2D eigenvalue weighted by Crippen LogP contribution is -2.40. The highest BCUT2D eigenvalue weighted by atomic mass is 16.3. The van der Waals surface area contributed by atoms with E-state index in [4.69, 9.17) is 0 Å². The second-order valence-electron chi connectivity index (χ2n) is 7.67. The van der Waals surface area contributed by atoms with E-state index in [0.717, 1.165) is 37.2 Å². The summed E-state index contributed by atoms with van der Waals surface area (Å²) >= 11 is 0. The summed E-state index contributed by atoms with van der Waals surface area (Å²) in [5.41, 5.74) is 3.50. The summed E-state index contributed by atoms with van der Waals surface area (Å²) < 4.78 is 1.75. The lowest BCUT2D eigenvalue weighted by Gasteiger charge is -2.37. The number of nitrogens with zero attached hydrogens (tertiary/aromatic N) is 2. The molecule has 0 aliphatic carbocycles. The number of hydrogen-bond acceptors (Lipinski definition) is 3. The zero-order valence-electron chi connectivity index (χ0n) is 16.3. The second-order valence-corrected chi connectivity index (χ2v) is 7.67. The van der Waals surface area contributed by atoms with Crippen molar-refractivity contribution < 1.29 is 5.11 Å². The quantitative estimate of drug-likeness (QED) is 0.902. The van der Waals surface area contributed by atoms with Crippen LogP contribution in [0.5, 0.6) is 5.75 Å². The fourth-order valence-electron chi connectivity index (χ4n) is 4.01. The van der Waals surface area contributed by atoms with Crippen molar-refractivity contribution in [2.24, 2.45) is 5.92 Å². The smallest absolute Gasteiger partial charge is 0.259 e. The Morgan fingerprint density at radius 3 is 2.35 bits per heavy atom. The molecule has 4 nitrogen and oxygen atoms in total. The van der Waals surface area contributed by atoms with Crippen molar-refractivity contribution in [1.29, 1.82) is 0 Å². The van der Waals surface area contributed by atoms with Crippen LogP contribution in [0.1, 0.15) is 55.1 Å². The number of aromatic hydroxyl groups is 1. The first kappa shape index (κ1) is 18.7. The summed E-state index contributed by atoms with van der Waals surface area (Å²) in [6.07, 6.45) is 2.24. The van der Waals surface area contributed by atoms with Crippen molar-refractivity contribution in [3.8, 4) is 5.75 Å². The maximum absolute atomic E-state index is 13.2. The molecule has 1 saturated heterocycles. The summed E-state index contributed by atoms with van der Waals surface area (Å²) in [4.78, 5) is 15.6. The van der Waals surface area contributed by atoms with Crippen LogP contribution in [-0.2, 0) is 6.54 Å². The van der Waals surface area contributed by atoms with Crippen molar-refractivity contribution >= 4 is 0 Å². The molecule has 2 heterocycles. The van der Waals surface area contributed by atoms with Gasteiger partial charge in [-0.05, 0) is 64.3 Å². The van der Waals surface area contributed by atoms with Gasteiger partial charge in [-0.25, -0.2) is 0 Å². The van der Waals surface area contributed by atoms with Crippen LogP contribution in [0, 0.1) is 19.8 Å². The summed E-state index contributed by atoms with van der Waals surface area (Å²) in [7, 11) is 0. The highest BCUT2D eigenvalue weighted by Crippen LogP contribution is 2.35. The third kappa shape index (κ3) is 3.56. The molecule has 1 unspecified atom stereocenters. The molecule has 1 aliphatic heterocycles. The van der Waals surface area contributed by atoms with Gasteiger partial charge in [-0.3, -0.25) is 9.69 Å². The Morgan fingerprint density at radius 2 is 1.77 bits per heavy atom. The van der Waals surface area contributed by atoms with Crippen LogP contribution in [-0.4, -0.2) is 27.7 Å². The molecule has 0 saturated carbocycles. The highest BCUT2D eigenvalue weighted by molar-refractivity contribution is 5.41. The Kier molecular flexibility index (Phi) is 5.52. The van der Waals surface area contributed by atoms with Crippen LogP contribution in [0.4, 0.5) is 0 Å². The Morgan fingerprint density at radius 1 is 1.15 bits per heavy atom. The monoisotopic (exact) mass is 354 g/mol. The van der Waals surface area contributed by atoms with Crippen molar-refractivity contribution in [3.05, 3.63) is 63.1 Å². The largest absolute Gasteiger partial charge is 0.507 e. The minimum Gasteiger partial charge on any atom is -0.507 e. The maximum atomic E-state index is 13.2. The molecular weight excluding hydrogens is 324 g/mol. The normalized spacial score (nSPS) is 17.4. The fourth-order valence-corrected chi connectivity index (χ4v) is 4.01. The third-order valence-corrected chi connectivity index (χ3v) is 5.69. The summed E-state index contributed by atoms with van der Waals surface area (Å²) in [6.45, 7) is 10.7. The lowest BCUT2D eigenvalue weighted by molar-refractivity contribution is 0.154. The highest BCUT2D eigenvalue weighted by Gasteiger charge is 2.30. The molecule has 1 N–H and O–H groups in total. The van der Waals surface area contributed by atoms with Gasteiger partial charge in [-0.15, -0.1) is 0 Å². The molecule has 1 atom stereocenters. The van der Waals surface area contributed by atoms with Gasteiger partial charge in [-0.1, -0.05) is 36.8 Å². The summed E-state index contributed by atoms with van der Waals surface area (Å²) in [5.74, 6) is 0.824. The van der Waals surface area contributed by atoms with Gasteiger partial charge in [0.15, 0.2) is 0 Å². The van der Waals surface area contributed by atoms with Crippen molar-refractivity contribution in [2.45, 2.75) is 53.1 Å². The van der Waals surface area contributed by atoms with Gasteiger partial charge < -0.3 is 9.67 Å². The zero-order chi connectivity index (χ0) is 18.8. The Labute approximate surface area is 156 Å². The number of benzene rings is 1. The van der Waals surface area contributed by atoms with Crippen molar-refractivity contribution in [3.63, 3.8) is 0 Å². The Balaban J connectivity index is 2.15. The molecule has 1 aliphatic rings. The summed E-state index contributed by atoms with van der Waals surface area (Å²) in [6, 6.07) is 9.87. The molecule has 4 heteroatoms. The predicted octanol–water partition coefficient (Wildman–Crippen LogP) is 4.01. The van der Waals surface area contributed by atoms with E-state index in [1.54, 1.807) is 10.6 Å². The molecular formula is C22H30N2O2. The van der Waals surface area contributed by atoms with Crippen LogP contribution in [0.25, 0.3) is 0 Å². The van der Waals surface area contributed by atoms with E-state index in [0.29, 0.717) is 18.0 Å². The van der Waals surface area contributed by atoms with Crippen LogP contribution in [0.2, 0.25) is 0 Å². The van der Waals surface area contributed by atoms with E-state index in [-0.39, 0.29) is 17.4 Å². The SMILES string of the molecule is CCn1c(C)cc(O)c(C(c2ccc(C)cc2)N2CCC(C)CC2)c1=O. The number of likely N-dealkylation sites (tertiary alicyclic amines) is 1. The molecule has 0 amide bonds. The van der Waals surface area contributed by atoms with Crippen LogP contribution in [0.15, 0.2) is 35.1 Å². The average Bonchev–Trinajstić information content (AvgIpc) is 2.61. The van der Waals surface area contributed by atoms with Crippen LogP contribution < -0.4 is 5.56 Å². The van der Waals surface area contributed by atoms with Gasteiger partial charge in [0.05, 0.1) is 11.6 Å². The zero-order valence-corrected chi connectivity index (χ0v) is 16.3. The molecule has 1 fully saturated rings. The van der Waals surface area contributed by atoms with E-state index in [1.165, 1.54) is 5.56 Å². The fraction of sp³-hybridized carbons (Fsp3) is 0.500. The van der Waals surface area contributed by atoms with E-state index < -0.39 is 0 Å². The van der Waals surface area contributed by atoms with Gasteiger partial charge in [0, 0.05) is 12.2 Å². The van der Waals surface area contributed by atoms with E-state index >= 15 is 0 Å². The Hall–Kier alpha value is -2.07. The molecule has 1 aromatic heterocycles. The molecule has 1 aromatic carbocycles. The number of rotatable bonds is 4. The van der Waals surface area contributed by atoms with Crippen LogP contribution >= 0.6 is 0 Å². The number of pyridine rings is 1. The third-order valence-electron chi connectivity index (χ3n) is 5.69. The summed E-state index contributed by atoms with van der Waals surface area (Å²) in [5, 5.41) is 10.7. The average molecular weight is 354 g/mol. The molecule has 140 valence electrons. The van der Waals surface area contributed by atoms with E-state index in [2.05, 4.69) is 43.0 Å². The molecule has 3 rings (SSSR count). The van der Waals surface area contributed by atoms with Crippen molar-refractivity contribution in [1.82, 2.24) is 9.47 Å². The molecule has 0 bridgehead atoms. The number of aromatic nitrogens is 1. The second kappa shape index (κ2) is 7.67. The standard InChI is InChI=1S/C22H30N2O2/c1-5-24-17(4)14-19(25)20(22(24)26)21(18-8-6-15(2)7-9-18)23-12-10-16(3)11-13-23/h6-9,14,16,21,25H,5,10-13H2,1-4H3. The Bertz CT molecular complexity index is 815. The predicted molar refractivity (Wildman–Crippen MR) is 106 cm³/mol. The number of piperidine rings is 1. The number of aryl methyl sites for hydroxylation is 2. The maximum Gasteiger partial charge on any atom is 0.259 e. The minimum atomic E-state index is -0.200. The molecule has 0 radical (unpaired) electrons.